The number of ether oxygens (including phenoxy) is 1. The lowest BCUT2D eigenvalue weighted by molar-refractivity contribution is 0.0830. The summed E-state index contributed by atoms with van der Waals surface area (Å²) in [6, 6.07) is 9.77. The highest BCUT2D eigenvalue weighted by Crippen LogP contribution is 2.40. The number of cyclic esters (lactones) is 1. The molecule has 0 bridgehead atoms. The number of aromatic nitrogens is 4. The number of aliphatic hydroxyl groups is 1. The predicted molar refractivity (Wildman–Crippen MR) is 97.0 cm³/mol. The molecule has 2 unspecified atom stereocenters. The minimum absolute atomic E-state index is 0.134. The van der Waals surface area contributed by atoms with Crippen molar-refractivity contribution in [2.75, 3.05) is 11.5 Å². The van der Waals surface area contributed by atoms with Gasteiger partial charge in [0, 0.05) is 18.8 Å². The van der Waals surface area contributed by atoms with Crippen molar-refractivity contribution in [3.05, 3.63) is 48.3 Å². The average molecular weight is 363 g/mol. The molecule has 0 spiro atoms. The van der Waals surface area contributed by atoms with Crippen LogP contribution in [0.2, 0.25) is 0 Å². The first-order chi connectivity index (χ1) is 13.1. The molecule has 2 aromatic heterocycles. The molecule has 5 rings (SSSR count). The number of aryl methyl sites for hydroxylation is 1. The highest BCUT2D eigenvalue weighted by Gasteiger charge is 2.47. The zero-order chi connectivity index (χ0) is 18.5. The maximum absolute atomic E-state index is 12.1. The molecule has 0 aliphatic carbocycles. The molecule has 4 heterocycles. The van der Waals surface area contributed by atoms with E-state index >= 15 is 0 Å². The van der Waals surface area contributed by atoms with Crippen molar-refractivity contribution in [2.24, 2.45) is 7.05 Å². The number of amides is 1. The number of nitrogens with zero attached hydrogens (tertiary/aromatic N) is 5. The molecule has 2 aliphatic heterocycles. The molecule has 1 saturated heterocycles. The van der Waals surface area contributed by atoms with Crippen molar-refractivity contribution in [3.8, 4) is 22.5 Å². The third-order valence-corrected chi connectivity index (χ3v) is 5.12. The van der Waals surface area contributed by atoms with E-state index in [4.69, 9.17) is 4.74 Å². The summed E-state index contributed by atoms with van der Waals surface area (Å²) in [5.41, 5.74) is 5.44. The lowest BCUT2D eigenvalue weighted by Crippen LogP contribution is -2.34. The lowest BCUT2D eigenvalue weighted by Gasteiger charge is -2.14. The number of hydrogen-bond acceptors (Lipinski definition) is 6. The van der Waals surface area contributed by atoms with Gasteiger partial charge in [0.05, 0.1) is 30.2 Å². The Morgan fingerprint density at radius 2 is 2.07 bits per heavy atom. The standard InChI is InChI=1S/C19H17N5O3/c1-23-9-15(21-22-23)14-4-2-12(8-20-14)11-3-5-16-13(6-11)7-17-18(10-25)27-19(26)24(16)17/h2-6,8-9,17-18,25H,7,10H2,1H3. The Balaban J connectivity index is 1.45. The molecule has 8 heteroatoms. The van der Waals surface area contributed by atoms with Gasteiger partial charge in [-0.05, 0) is 35.7 Å². The van der Waals surface area contributed by atoms with Crippen LogP contribution in [0.15, 0.2) is 42.7 Å². The first kappa shape index (κ1) is 16.0. The summed E-state index contributed by atoms with van der Waals surface area (Å²) < 4.78 is 6.86. The number of hydrogen-bond donors (Lipinski definition) is 1. The molecule has 136 valence electrons. The van der Waals surface area contributed by atoms with Gasteiger partial charge < -0.3 is 9.84 Å². The maximum Gasteiger partial charge on any atom is 0.415 e. The average Bonchev–Trinajstić information content (AvgIpc) is 3.36. The number of aliphatic hydroxyl groups excluding tert-OH is 1. The minimum Gasteiger partial charge on any atom is -0.441 e. The molecule has 2 aliphatic rings. The van der Waals surface area contributed by atoms with Crippen LogP contribution in [-0.4, -0.2) is 49.9 Å². The molecule has 1 aromatic carbocycles. The van der Waals surface area contributed by atoms with Gasteiger partial charge in [0.15, 0.2) is 0 Å². The van der Waals surface area contributed by atoms with Gasteiger partial charge in [-0.15, -0.1) is 5.10 Å². The van der Waals surface area contributed by atoms with E-state index in [2.05, 4.69) is 21.4 Å². The number of carbonyl (C=O) groups excluding carboxylic acids is 1. The molecule has 3 aromatic rings. The molecule has 8 nitrogen and oxygen atoms in total. The van der Waals surface area contributed by atoms with Crippen molar-refractivity contribution < 1.29 is 14.6 Å². The topological polar surface area (TPSA) is 93.4 Å². The fraction of sp³-hybridized carbons (Fsp3) is 0.263. The van der Waals surface area contributed by atoms with Gasteiger partial charge in [0.2, 0.25) is 0 Å². The Kier molecular flexibility index (Phi) is 3.48. The van der Waals surface area contributed by atoms with Crippen molar-refractivity contribution in [2.45, 2.75) is 18.6 Å². The van der Waals surface area contributed by atoms with Crippen molar-refractivity contribution in [1.82, 2.24) is 20.0 Å². The predicted octanol–water partition coefficient (Wildman–Crippen LogP) is 1.79. The van der Waals surface area contributed by atoms with E-state index in [-0.39, 0.29) is 18.7 Å². The van der Waals surface area contributed by atoms with E-state index < -0.39 is 6.10 Å². The van der Waals surface area contributed by atoms with E-state index in [0.717, 1.165) is 33.8 Å². The van der Waals surface area contributed by atoms with Gasteiger partial charge in [-0.25, -0.2) is 4.79 Å². The quantitative estimate of drug-likeness (QED) is 0.762. The fourth-order valence-electron chi connectivity index (χ4n) is 3.79. The molecule has 0 radical (unpaired) electrons. The van der Waals surface area contributed by atoms with E-state index in [1.54, 1.807) is 9.58 Å². The number of carbonyl (C=O) groups is 1. The van der Waals surface area contributed by atoms with E-state index in [1.165, 1.54) is 0 Å². The number of anilines is 1. The molecule has 1 amide bonds. The van der Waals surface area contributed by atoms with Gasteiger partial charge in [-0.2, -0.15) is 0 Å². The van der Waals surface area contributed by atoms with Crippen LogP contribution in [0.5, 0.6) is 0 Å². The molecule has 1 fully saturated rings. The van der Waals surface area contributed by atoms with Crippen LogP contribution in [0.3, 0.4) is 0 Å². The smallest absolute Gasteiger partial charge is 0.415 e. The summed E-state index contributed by atoms with van der Waals surface area (Å²) >= 11 is 0. The largest absolute Gasteiger partial charge is 0.441 e. The second kappa shape index (κ2) is 5.88. The van der Waals surface area contributed by atoms with Crippen LogP contribution in [0, 0.1) is 0 Å². The van der Waals surface area contributed by atoms with E-state index in [0.29, 0.717) is 6.42 Å². The van der Waals surface area contributed by atoms with Gasteiger partial charge in [-0.3, -0.25) is 14.6 Å². The number of fused-ring (bicyclic) bond motifs is 3. The maximum atomic E-state index is 12.1. The first-order valence-corrected chi connectivity index (χ1v) is 8.71. The van der Waals surface area contributed by atoms with E-state index in [9.17, 15) is 9.90 Å². The second-order valence-corrected chi connectivity index (χ2v) is 6.80. The van der Waals surface area contributed by atoms with Crippen molar-refractivity contribution in [3.63, 3.8) is 0 Å². The summed E-state index contributed by atoms with van der Waals surface area (Å²) in [7, 11) is 1.82. The van der Waals surface area contributed by atoms with E-state index in [1.807, 2.05) is 43.7 Å². The Bertz CT molecular complexity index is 1030. The highest BCUT2D eigenvalue weighted by atomic mass is 16.6. The third-order valence-electron chi connectivity index (χ3n) is 5.12. The zero-order valence-electron chi connectivity index (χ0n) is 14.6. The molecular weight excluding hydrogens is 346 g/mol. The fourth-order valence-corrected chi connectivity index (χ4v) is 3.79. The molecule has 1 N–H and O–H groups in total. The first-order valence-electron chi connectivity index (χ1n) is 8.71. The Hall–Kier alpha value is -3.26. The minimum atomic E-state index is -0.471. The SMILES string of the molecule is Cn1cc(-c2ccc(-c3ccc4c(c3)CC3C(CO)OC(=O)N43)cn2)nn1. The number of pyridine rings is 1. The van der Waals surface area contributed by atoms with Crippen LogP contribution in [0.4, 0.5) is 10.5 Å². The second-order valence-electron chi connectivity index (χ2n) is 6.80. The third kappa shape index (κ3) is 2.48. The Labute approximate surface area is 155 Å². The zero-order valence-corrected chi connectivity index (χ0v) is 14.6. The van der Waals surface area contributed by atoms with Crippen LogP contribution >= 0.6 is 0 Å². The van der Waals surface area contributed by atoms with Crippen molar-refractivity contribution >= 4 is 11.8 Å². The van der Waals surface area contributed by atoms with Crippen molar-refractivity contribution in [1.29, 1.82) is 0 Å². The summed E-state index contributed by atoms with van der Waals surface area (Å²) in [5.74, 6) is 0. The number of rotatable bonds is 3. The summed E-state index contributed by atoms with van der Waals surface area (Å²) in [6.45, 7) is -0.165. The highest BCUT2D eigenvalue weighted by molar-refractivity contribution is 5.94. The summed E-state index contributed by atoms with van der Waals surface area (Å²) in [4.78, 5) is 18.2. The van der Waals surface area contributed by atoms with Gasteiger partial charge in [0.1, 0.15) is 11.8 Å². The summed E-state index contributed by atoms with van der Waals surface area (Å²) in [5, 5.41) is 17.4. The van der Waals surface area contributed by atoms with Crippen LogP contribution < -0.4 is 4.90 Å². The van der Waals surface area contributed by atoms with Crippen LogP contribution in [0.1, 0.15) is 5.56 Å². The Morgan fingerprint density at radius 3 is 2.78 bits per heavy atom. The molecule has 27 heavy (non-hydrogen) atoms. The van der Waals surface area contributed by atoms with Gasteiger partial charge in [-0.1, -0.05) is 17.3 Å². The summed E-state index contributed by atoms with van der Waals surface area (Å²) in [6.07, 6.45) is 3.45. The molecule has 2 atom stereocenters. The monoisotopic (exact) mass is 363 g/mol. The number of benzene rings is 1. The van der Waals surface area contributed by atoms with Crippen LogP contribution in [0.25, 0.3) is 22.5 Å². The lowest BCUT2D eigenvalue weighted by atomic mass is 10.0. The normalized spacial score (nSPS) is 20.5. The van der Waals surface area contributed by atoms with Crippen LogP contribution in [-0.2, 0) is 18.2 Å². The Morgan fingerprint density at radius 1 is 1.22 bits per heavy atom. The molecule has 0 saturated carbocycles. The van der Waals surface area contributed by atoms with Gasteiger partial charge in [0.25, 0.3) is 0 Å². The molecular formula is C19H17N5O3. The van der Waals surface area contributed by atoms with Gasteiger partial charge >= 0.3 is 6.09 Å².